The summed E-state index contributed by atoms with van der Waals surface area (Å²) in [7, 11) is -3.73. The van der Waals surface area contributed by atoms with Crippen molar-refractivity contribution in [2.75, 3.05) is 5.32 Å². The lowest BCUT2D eigenvalue weighted by molar-refractivity contribution is 0.102. The predicted molar refractivity (Wildman–Crippen MR) is 111 cm³/mol. The second-order valence-corrected chi connectivity index (χ2v) is 8.50. The molecule has 2 rings (SSSR count). The van der Waals surface area contributed by atoms with Gasteiger partial charge in [0.2, 0.25) is 10.0 Å². The van der Waals surface area contributed by atoms with Crippen molar-refractivity contribution in [2.24, 2.45) is 0 Å². The van der Waals surface area contributed by atoms with Crippen LogP contribution in [0.3, 0.4) is 0 Å². The number of hydrogen-bond donors (Lipinski definition) is 2. The molecule has 0 heterocycles. The molecule has 0 spiro atoms. The Balaban J connectivity index is 0. The number of sulfonamides is 1. The van der Waals surface area contributed by atoms with E-state index in [1.165, 1.54) is 30.3 Å². The van der Waals surface area contributed by atoms with Gasteiger partial charge < -0.3 is 5.32 Å². The number of carbonyl (C=O) groups is 1. The molecule has 2 N–H and O–H groups in total. The minimum Gasteiger partial charge on any atom is -0.322 e. The molecule has 2 aromatic rings. The third kappa shape index (κ3) is 6.77. The van der Waals surface area contributed by atoms with E-state index in [9.17, 15) is 17.6 Å². The highest BCUT2D eigenvalue weighted by Gasteiger charge is 2.22. The number of nitrogens with one attached hydrogen (secondary N) is 2. The van der Waals surface area contributed by atoms with Crippen LogP contribution in [0.5, 0.6) is 0 Å². The molecule has 27 heavy (non-hydrogen) atoms. The summed E-state index contributed by atoms with van der Waals surface area (Å²) in [6.07, 6.45) is 0. The Morgan fingerprint density at radius 3 is 2.26 bits per heavy atom. The number of aryl methyl sites for hydroxylation is 1. The number of rotatable bonds is 4. The average molecular weight is 399 g/mol. The van der Waals surface area contributed by atoms with E-state index < -0.39 is 27.3 Å². The lowest BCUT2D eigenvalue weighted by Crippen LogP contribution is -2.40. The summed E-state index contributed by atoms with van der Waals surface area (Å²) >= 11 is 0. The summed E-state index contributed by atoms with van der Waals surface area (Å²) in [5.41, 5.74) is 0.229. The molecule has 1 amide bonds. The van der Waals surface area contributed by atoms with E-state index in [0.29, 0.717) is 5.56 Å². The first-order valence-corrected chi connectivity index (χ1v) is 10.2. The molecular weight excluding hydrogens is 367 g/mol. The van der Waals surface area contributed by atoms with Gasteiger partial charge in [0.05, 0.1) is 10.5 Å². The van der Waals surface area contributed by atoms with Crippen LogP contribution >= 0.6 is 0 Å². The molecule has 0 aliphatic heterocycles. The van der Waals surface area contributed by atoms with Gasteiger partial charge in [0.1, 0.15) is 5.82 Å². The van der Waals surface area contributed by atoms with Crippen LogP contribution in [0, 0.1) is 12.7 Å². The van der Waals surface area contributed by atoms with Gasteiger partial charge in [-0.2, -0.15) is 0 Å². The largest absolute Gasteiger partial charge is 0.322 e. The van der Waals surface area contributed by atoms with E-state index in [4.69, 9.17) is 0 Å². The molecule has 0 saturated carbocycles. The number of hydrogen-bond acceptors (Lipinski definition) is 3. The van der Waals surface area contributed by atoms with Crippen molar-refractivity contribution in [3.8, 4) is 0 Å². The summed E-state index contributed by atoms with van der Waals surface area (Å²) in [5, 5.41) is 2.52. The van der Waals surface area contributed by atoms with Crippen molar-refractivity contribution >= 4 is 21.6 Å². The molecule has 0 aromatic heterocycles. The smallest absolute Gasteiger partial charge is 0.258 e. The Bertz CT molecular complexity index is 914. The number of anilines is 1. The minimum absolute atomic E-state index is 0. The summed E-state index contributed by atoms with van der Waals surface area (Å²) in [6, 6.07) is 10.1. The van der Waals surface area contributed by atoms with Gasteiger partial charge >= 0.3 is 0 Å². The SMILES string of the molecule is CC.Cc1ccc(C(=O)Nc2cccc(S(=O)(=O)NC(C)(C)C)c2)c(F)c1.[HH].[HH]. The van der Waals surface area contributed by atoms with E-state index in [1.54, 1.807) is 39.8 Å². The standard InChI is InChI=1S/C18H21FN2O3S.C2H6.2H2/c1-12-8-9-15(16(19)10-12)17(22)20-13-6-5-7-14(11-13)25(23,24)21-18(2,3)4;1-2;;/h5-11,21H,1-4H3,(H,20,22);1-2H3;2*1H. The molecule has 152 valence electrons. The van der Waals surface area contributed by atoms with E-state index >= 15 is 0 Å². The zero-order chi connectivity index (χ0) is 20.8. The first kappa shape index (κ1) is 22.8. The number of benzene rings is 2. The van der Waals surface area contributed by atoms with Gasteiger partial charge in [0.25, 0.3) is 5.91 Å². The molecular formula is C20H31FN2O3S. The highest BCUT2D eigenvalue weighted by atomic mass is 32.2. The van der Waals surface area contributed by atoms with Crippen molar-refractivity contribution in [3.63, 3.8) is 0 Å². The summed E-state index contributed by atoms with van der Waals surface area (Å²) in [4.78, 5) is 12.2. The molecule has 7 heteroatoms. The van der Waals surface area contributed by atoms with Crippen molar-refractivity contribution in [2.45, 2.75) is 52.0 Å². The van der Waals surface area contributed by atoms with Crippen LogP contribution in [-0.2, 0) is 10.0 Å². The Labute approximate surface area is 164 Å². The van der Waals surface area contributed by atoms with E-state index in [-0.39, 0.29) is 19.0 Å². The minimum atomic E-state index is -3.73. The number of halogens is 1. The molecule has 0 fully saturated rings. The van der Waals surface area contributed by atoms with Gasteiger partial charge in [-0.25, -0.2) is 17.5 Å². The molecule has 2 aromatic carbocycles. The van der Waals surface area contributed by atoms with Crippen LogP contribution in [0.15, 0.2) is 47.4 Å². The molecule has 0 atom stereocenters. The second kappa shape index (κ2) is 9.10. The maximum atomic E-state index is 13.9. The van der Waals surface area contributed by atoms with Gasteiger partial charge in [-0.3, -0.25) is 4.79 Å². The van der Waals surface area contributed by atoms with E-state index in [0.717, 1.165) is 0 Å². The van der Waals surface area contributed by atoms with Crippen LogP contribution in [0.2, 0.25) is 0 Å². The molecule has 0 radical (unpaired) electrons. The summed E-state index contributed by atoms with van der Waals surface area (Å²) < 4.78 is 41.2. The topological polar surface area (TPSA) is 75.3 Å². The molecule has 5 nitrogen and oxygen atoms in total. The Kier molecular flexibility index (Phi) is 7.68. The summed E-state index contributed by atoms with van der Waals surface area (Å²) in [5.74, 6) is -1.27. The van der Waals surface area contributed by atoms with E-state index in [2.05, 4.69) is 10.0 Å². The van der Waals surface area contributed by atoms with Crippen molar-refractivity contribution < 1.29 is 20.5 Å². The maximum Gasteiger partial charge on any atom is 0.258 e. The zero-order valence-electron chi connectivity index (χ0n) is 16.6. The monoisotopic (exact) mass is 398 g/mol. The van der Waals surface area contributed by atoms with Crippen LogP contribution in [0.1, 0.15) is 53.4 Å². The van der Waals surface area contributed by atoms with Crippen LogP contribution in [0.4, 0.5) is 10.1 Å². The Hall–Kier alpha value is -2.25. The first-order valence-electron chi connectivity index (χ1n) is 8.69. The fourth-order valence-corrected chi connectivity index (χ4v) is 3.67. The highest BCUT2D eigenvalue weighted by Crippen LogP contribution is 2.19. The lowest BCUT2D eigenvalue weighted by atomic mass is 10.1. The fraction of sp³-hybridized carbons (Fsp3) is 0.350. The quantitative estimate of drug-likeness (QED) is 0.762. The van der Waals surface area contributed by atoms with Gasteiger partial charge in [0, 0.05) is 14.1 Å². The van der Waals surface area contributed by atoms with Gasteiger partial charge in [0.15, 0.2) is 0 Å². The van der Waals surface area contributed by atoms with Gasteiger partial charge in [-0.05, 0) is 63.6 Å². The van der Waals surface area contributed by atoms with Gasteiger partial charge in [-0.1, -0.05) is 26.0 Å². The van der Waals surface area contributed by atoms with Gasteiger partial charge in [-0.15, -0.1) is 0 Å². The molecule has 0 bridgehead atoms. The molecule has 0 aliphatic carbocycles. The predicted octanol–water partition coefficient (Wildman–Crippen LogP) is 4.98. The normalized spacial score (nSPS) is 11.4. The molecule has 0 aliphatic rings. The second-order valence-electron chi connectivity index (χ2n) is 6.82. The van der Waals surface area contributed by atoms with Crippen molar-refractivity contribution in [3.05, 3.63) is 59.4 Å². The molecule has 0 unspecified atom stereocenters. The maximum absolute atomic E-state index is 13.9. The van der Waals surface area contributed by atoms with Crippen molar-refractivity contribution in [1.29, 1.82) is 0 Å². The van der Waals surface area contributed by atoms with Crippen molar-refractivity contribution in [1.82, 2.24) is 4.72 Å². The van der Waals surface area contributed by atoms with Crippen LogP contribution in [-0.4, -0.2) is 19.9 Å². The lowest BCUT2D eigenvalue weighted by Gasteiger charge is -2.20. The van der Waals surface area contributed by atoms with Crippen LogP contribution < -0.4 is 10.0 Å². The Morgan fingerprint density at radius 2 is 1.70 bits per heavy atom. The number of carbonyl (C=O) groups excluding carboxylic acids is 1. The zero-order valence-corrected chi connectivity index (χ0v) is 17.4. The highest BCUT2D eigenvalue weighted by molar-refractivity contribution is 7.89. The third-order valence-corrected chi connectivity index (χ3v) is 4.97. The van der Waals surface area contributed by atoms with E-state index in [1.807, 2.05) is 13.8 Å². The first-order chi connectivity index (χ1) is 12.5. The van der Waals surface area contributed by atoms with Crippen LogP contribution in [0.25, 0.3) is 0 Å². The number of amides is 1. The molecule has 0 saturated heterocycles. The fourth-order valence-electron chi connectivity index (χ4n) is 2.21. The average Bonchev–Trinajstić information content (AvgIpc) is 2.54. The summed E-state index contributed by atoms with van der Waals surface area (Å²) in [6.45, 7) is 10.9. The Morgan fingerprint density at radius 1 is 1.07 bits per heavy atom. The third-order valence-electron chi connectivity index (χ3n) is 3.21.